The first kappa shape index (κ1) is 13.3. The van der Waals surface area contributed by atoms with Gasteiger partial charge in [-0.05, 0) is 12.1 Å². The lowest BCUT2D eigenvalue weighted by atomic mass is 10.2. The summed E-state index contributed by atoms with van der Waals surface area (Å²) < 4.78 is 10.4. The topological polar surface area (TPSA) is 35.5 Å². The Labute approximate surface area is 102 Å². The summed E-state index contributed by atoms with van der Waals surface area (Å²) in [6, 6.07) is 8.89. The molecule has 17 heavy (non-hydrogen) atoms. The highest BCUT2D eigenvalue weighted by Gasteiger charge is 2.06. The molecule has 0 atom stereocenters. The summed E-state index contributed by atoms with van der Waals surface area (Å²) >= 11 is 0. The number of allylic oxidation sites excluding steroid dienone is 1. The van der Waals surface area contributed by atoms with Crippen LogP contribution in [0.2, 0.25) is 0 Å². The fourth-order valence-electron chi connectivity index (χ4n) is 1.13. The van der Waals surface area contributed by atoms with Crippen molar-refractivity contribution < 1.29 is 14.3 Å². The molecule has 0 saturated heterocycles. The van der Waals surface area contributed by atoms with Crippen molar-refractivity contribution in [2.75, 3.05) is 13.2 Å². The molecule has 1 rings (SSSR count). The van der Waals surface area contributed by atoms with Gasteiger partial charge in [-0.25, -0.2) is 4.79 Å². The number of rotatable bonds is 6. The summed E-state index contributed by atoms with van der Waals surface area (Å²) in [4.78, 5) is 11.5. The van der Waals surface area contributed by atoms with Crippen molar-refractivity contribution in [1.29, 1.82) is 0 Å². The fourth-order valence-corrected chi connectivity index (χ4v) is 1.13. The van der Waals surface area contributed by atoms with Gasteiger partial charge in [0.1, 0.15) is 13.2 Å². The summed E-state index contributed by atoms with van der Waals surface area (Å²) in [5.74, 6) is 0.657. The van der Waals surface area contributed by atoms with E-state index >= 15 is 0 Å². The molecule has 0 heterocycles. The number of benzene rings is 1. The van der Waals surface area contributed by atoms with Gasteiger partial charge < -0.3 is 9.47 Å². The molecule has 0 unspecified atom stereocenters. The van der Waals surface area contributed by atoms with Crippen LogP contribution in [-0.4, -0.2) is 19.2 Å². The number of carbonyl (C=O) groups is 1. The molecule has 0 amide bonds. The summed E-state index contributed by atoms with van der Waals surface area (Å²) in [6.45, 7) is 8.34. The number of carbonyl (C=O) groups excluding carboxylic acids is 1. The second-order valence-electron chi connectivity index (χ2n) is 3.97. The Morgan fingerprint density at radius 2 is 1.76 bits per heavy atom. The molecule has 0 aromatic heterocycles. The Balaban J connectivity index is 2.24. The van der Waals surface area contributed by atoms with Crippen LogP contribution in [0.3, 0.4) is 0 Å². The zero-order valence-electron chi connectivity index (χ0n) is 10.3. The van der Waals surface area contributed by atoms with E-state index < -0.39 is 0 Å². The molecule has 0 N–H and O–H groups in total. The van der Waals surface area contributed by atoms with E-state index in [9.17, 15) is 4.79 Å². The molecule has 0 aliphatic rings. The van der Waals surface area contributed by atoms with Crippen LogP contribution >= 0.6 is 0 Å². The van der Waals surface area contributed by atoms with Crippen LogP contribution in [0.4, 0.5) is 0 Å². The molecule has 0 aliphatic heterocycles. The number of hydrogen-bond acceptors (Lipinski definition) is 3. The van der Waals surface area contributed by atoms with E-state index in [1.54, 1.807) is 24.3 Å². The second-order valence-corrected chi connectivity index (χ2v) is 3.97. The van der Waals surface area contributed by atoms with Crippen molar-refractivity contribution in [3.63, 3.8) is 0 Å². The average molecular weight is 234 g/mol. The number of esters is 1. The molecule has 1 aromatic rings. The molecular formula is C14H18O3. The van der Waals surface area contributed by atoms with E-state index in [4.69, 9.17) is 9.47 Å². The van der Waals surface area contributed by atoms with Crippen LogP contribution in [-0.2, 0) is 9.47 Å². The zero-order chi connectivity index (χ0) is 12.7. The van der Waals surface area contributed by atoms with Crippen molar-refractivity contribution in [3.05, 3.63) is 48.2 Å². The van der Waals surface area contributed by atoms with Crippen LogP contribution in [0.5, 0.6) is 0 Å². The summed E-state index contributed by atoms with van der Waals surface area (Å²) in [5.41, 5.74) is 0.551. The average Bonchev–Trinajstić information content (AvgIpc) is 2.35. The molecule has 0 radical (unpaired) electrons. The fraction of sp³-hybridized carbons (Fsp3) is 0.357. The molecule has 92 valence electrons. The maximum atomic E-state index is 11.5. The first-order valence-electron chi connectivity index (χ1n) is 5.65. The predicted molar refractivity (Wildman–Crippen MR) is 66.7 cm³/mol. The first-order valence-corrected chi connectivity index (χ1v) is 5.65. The van der Waals surface area contributed by atoms with Gasteiger partial charge in [-0.15, -0.1) is 0 Å². The normalized spacial score (nSPS) is 10.1. The van der Waals surface area contributed by atoms with Crippen molar-refractivity contribution in [2.24, 2.45) is 5.92 Å². The summed E-state index contributed by atoms with van der Waals surface area (Å²) in [7, 11) is 0. The number of ether oxygens (including phenoxy) is 2. The molecule has 3 nitrogen and oxygen atoms in total. The third kappa shape index (κ3) is 4.72. The van der Waals surface area contributed by atoms with Crippen LogP contribution in [0, 0.1) is 5.92 Å². The second kappa shape index (κ2) is 6.74. The minimum absolute atomic E-state index is 0.236. The predicted octanol–water partition coefficient (Wildman–Crippen LogP) is 3.03. The quantitative estimate of drug-likeness (QED) is 0.431. The maximum Gasteiger partial charge on any atom is 0.338 e. The van der Waals surface area contributed by atoms with E-state index in [-0.39, 0.29) is 18.5 Å². The standard InChI is InChI=1S/C14H18O3/c1-11(2)12(3)16-9-10-17-14(15)13-7-5-4-6-8-13/h4-8,11H,3,9-10H2,1-2H3. The van der Waals surface area contributed by atoms with Gasteiger partial charge >= 0.3 is 5.97 Å². The van der Waals surface area contributed by atoms with Gasteiger partial charge in [0.15, 0.2) is 0 Å². The highest BCUT2D eigenvalue weighted by molar-refractivity contribution is 5.89. The molecule has 0 spiro atoms. The smallest absolute Gasteiger partial charge is 0.338 e. The summed E-state index contributed by atoms with van der Waals surface area (Å²) in [5, 5.41) is 0. The van der Waals surface area contributed by atoms with E-state index in [2.05, 4.69) is 6.58 Å². The van der Waals surface area contributed by atoms with E-state index in [0.717, 1.165) is 0 Å². The third-order valence-corrected chi connectivity index (χ3v) is 2.26. The lowest BCUT2D eigenvalue weighted by molar-refractivity contribution is 0.0386. The van der Waals surface area contributed by atoms with Gasteiger partial charge in [0.2, 0.25) is 0 Å². The largest absolute Gasteiger partial charge is 0.495 e. The van der Waals surface area contributed by atoms with Gasteiger partial charge in [-0.1, -0.05) is 38.6 Å². The molecule has 3 heteroatoms. The molecule has 0 saturated carbocycles. The monoisotopic (exact) mass is 234 g/mol. The van der Waals surface area contributed by atoms with E-state index in [0.29, 0.717) is 17.9 Å². The van der Waals surface area contributed by atoms with Crippen LogP contribution < -0.4 is 0 Å². The Kier molecular flexibility index (Phi) is 5.27. The van der Waals surface area contributed by atoms with Crippen molar-refractivity contribution in [3.8, 4) is 0 Å². The lowest BCUT2D eigenvalue weighted by Crippen LogP contribution is -2.11. The first-order chi connectivity index (χ1) is 8.11. The lowest BCUT2D eigenvalue weighted by Gasteiger charge is -2.11. The zero-order valence-corrected chi connectivity index (χ0v) is 10.3. The molecule has 0 aliphatic carbocycles. The minimum Gasteiger partial charge on any atom is -0.495 e. The van der Waals surface area contributed by atoms with E-state index in [1.807, 2.05) is 19.9 Å². The van der Waals surface area contributed by atoms with Crippen molar-refractivity contribution >= 4 is 5.97 Å². The van der Waals surface area contributed by atoms with Crippen molar-refractivity contribution in [1.82, 2.24) is 0 Å². The SMILES string of the molecule is C=C(OCCOC(=O)c1ccccc1)C(C)C. The minimum atomic E-state index is -0.329. The Morgan fingerprint density at radius 1 is 1.18 bits per heavy atom. The molecular weight excluding hydrogens is 216 g/mol. The maximum absolute atomic E-state index is 11.5. The number of hydrogen-bond donors (Lipinski definition) is 0. The van der Waals surface area contributed by atoms with Crippen LogP contribution in [0.25, 0.3) is 0 Å². The summed E-state index contributed by atoms with van der Waals surface area (Å²) in [6.07, 6.45) is 0. The van der Waals surface area contributed by atoms with Gasteiger partial charge in [-0.2, -0.15) is 0 Å². The highest BCUT2D eigenvalue weighted by Crippen LogP contribution is 2.07. The molecule has 0 fully saturated rings. The molecule has 0 bridgehead atoms. The van der Waals surface area contributed by atoms with Crippen LogP contribution in [0.15, 0.2) is 42.7 Å². The highest BCUT2D eigenvalue weighted by atomic mass is 16.6. The van der Waals surface area contributed by atoms with Crippen molar-refractivity contribution in [2.45, 2.75) is 13.8 Å². The van der Waals surface area contributed by atoms with Gasteiger partial charge in [0.05, 0.1) is 11.3 Å². The molecule has 1 aromatic carbocycles. The Bertz CT molecular complexity index is 368. The van der Waals surface area contributed by atoms with Gasteiger partial charge in [-0.3, -0.25) is 0 Å². The van der Waals surface area contributed by atoms with Gasteiger partial charge in [0, 0.05) is 5.92 Å². The Morgan fingerprint density at radius 3 is 2.35 bits per heavy atom. The van der Waals surface area contributed by atoms with Crippen LogP contribution in [0.1, 0.15) is 24.2 Å². The van der Waals surface area contributed by atoms with Gasteiger partial charge in [0.25, 0.3) is 0 Å². The Hall–Kier alpha value is -1.77. The van der Waals surface area contributed by atoms with E-state index in [1.165, 1.54) is 0 Å². The third-order valence-electron chi connectivity index (χ3n) is 2.26.